The van der Waals surface area contributed by atoms with Gasteiger partial charge >= 0.3 is 6.18 Å². The predicted octanol–water partition coefficient (Wildman–Crippen LogP) is 4.07. The monoisotopic (exact) mass is 434 g/mol. The standard InChI is InChI=1S/C24H29F3N2O2/c1-17(16-31-2)28-23(30)21-14-29(15-21)13-20-10-7-18(8-11-20)6-9-19-4-3-5-22(12-19)24(25,26)27/h3-5,7-8,10-12,17,21H,6,9,13-16H2,1-2H3,(H,28,30)/t17-/m0/s1. The largest absolute Gasteiger partial charge is 0.416 e. The van der Waals surface area contributed by atoms with Crippen LogP contribution in [0.2, 0.25) is 0 Å². The van der Waals surface area contributed by atoms with Crippen LogP contribution in [0.3, 0.4) is 0 Å². The predicted molar refractivity (Wildman–Crippen MR) is 114 cm³/mol. The summed E-state index contributed by atoms with van der Waals surface area (Å²) in [5.74, 6) is 0.0942. The van der Waals surface area contributed by atoms with Crippen LogP contribution in [-0.4, -0.2) is 43.7 Å². The third-order valence-electron chi connectivity index (χ3n) is 5.52. The molecule has 2 aromatic rings. The van der Waals surface area contributed by atoms with E-state index in [1.165, 1.54) is 12.1 Å². The van der Waals surface area contributed by atoms with E-state index in [-0.39, 0.29) is 17.9 Å². The van der Waals surface area contributed by atoms with E-state index in [0.29, 0.717) is 25.0 Å². The molecule has 1 amide bonds. The van der Waals surface area contributed by atoms with Crippen LogP contribution >= 0.6 is 0 Å². The number of nitrogens with zero attached hydrogens (tertiary/aromatic N) is 1. The lowest BCUT2D eigenvalue weighted by Crippen LogP contribution is -2.54. The van der Waals surface area contributed by atoms with Crippen LogP contribution in [-0.2, 0) is 35.1 Å². The number of rotatable bonds is 9. The number of amides is 1. The zero-order valence-electron chi connectivity index (χ0n) is 17.9. The zero-order chi connectivity index (χ0) is 22.4. The van der Waals surface area contributed by atoms with Crippen molar-refractivity contribution in [1.29, 1.82) is 0 Å². The van der Waals surface area contributed by atoms with Gasteiger partial charge in [-0.25, -0.2) is 0 Å². The first-order chi connectivity index (χ1) is 14.7. The Morgan fingerprint density at radius 1 is 1.10 bits per heavy atom. The molecule has 1 N–H and O–H groups in total. The molecular formula is C24H29F3N2O2. The van der Waals surface area contributed by atoms with Crippen molar-refractivity contribution in [3.05, 3.63) is 70.8 Å². The Labute approximate surface area is 181 Å². The average molecular weight is 435 g/mol. The van der Waals surface area contributed by atoms with Gasteiger partial charge in [-0.3, -0.25) is 9.69 Å². The summed E-state index contributed by atoms with van der Waals surface area (Å²) < 4.78 is 43.5. The highest BCUT2D eigenvalue weighted by Gasteiger charge is 2.33. The van der Waals surface area contributed by atoms with Crippen LogP contribution in [0.4, 0.5) is 13.2 Å². The van der Waals surface area contributed by atoms with E-state index in [9.17, 15) is 18.0 Å². The summed E-state index contributed by atoms with van der Waals surface area (Å²) >= 11 is 0. The van der Waals surface area contributed by atoms with Crippen molar-refractivity contribution >= 4 is 5.91 Å². The summed E-state index contributed by atoms with van der Waals surface area (Å²) in [5, 5.41) is 2.96. The molecule has 0 aromatic heterocycles. The van der Waals surface area contributed by atoms with Crippen molar-refractivity contribution in [2.75, 3.05) is 26.8 Å². The number of hydrogen-bond donors (Lipinski definition) is 1. The molecule has 31 heavy (non-hydrogen) atoms. The van der Waals surface area contributed by atoms with Crippen molar-refractivity contribution in [2.45, 2.75) is 38.5 Å². The number of aryl methyl sites for hydroxylation is 2. The van der Waals surface area contributed by atoms with Crippen LogP contribution < -0.4 is 5.32 Å². The number of methoxy groups -OCH3 is 1. The van der Waals surface area contributed by atoms with E-state index in [1.54, 1.807) is 13.2 Å². The minimum Gasteiger partial charge on any atom is -0.383 e. The number of carbonyl (C=O) groups is 1. The molecule has 1 aliphatic heterocycles. The smallest absolute Gasteiger partial charge is 0.383 e. The Kier molecular flexibility index (Phi) is 7.73. The van der Waals surface area contributed by atoms with Gasteiger partial charge < -0.3 is 10.1 Å². The first kappa shape index (κ1) is 23.3. The lowest BCUT2D eigenvalue weighted by atomic mass is 9.97. The third-order valence-corrected chi connectivity index (χ3v) is 5.52. The fourth-order valence-electron chi connectivity index (χ4n) is 3.78. The van der Waals surface area contributed by atoms with Crippen molar-refractivity contribution in [2.24, 2.45) is 5.92 Å². The van der Waals surface area contributed by atoms with Gasteiger partial charge in [-0.05, 0) is 42.5 Å². The maximum atomic E-state index is 12.8. The normalized spacial score (nSPS) is 16.0. The average Bonchev–Trinajstić information content (AvgIpc) is 2.69. The molecule has 1 aliphatic rings. The summed E-state index contributed by atoms with van der Waals surface area (Å²) in [4.78, 5) is 14.4. The second kappa shape index (κ2) is 10.3. The van der Waals surface area contributed by atoms with Gasteiger partial charge in [0.25, 0.3) is 0 Å². The van der Waals surface area contributed by atoms with E-state index in [2.05, 4.69) is 22.3 Å². The van der Waals surface area contributed by atoms with Gasteiger partial charge in [0.05, 0.1) is 18.1 Å². The molecule has 3 rings (SSSR count). The van der Waals surface area contributed by atoms with Gasteiger partial charge in [0.2, 0.25) is 5.91 Å². The van der Waals surface area contributed by atoms with Crippen molar-refractivity contribution in [3.8, 4) is 0 Å². The quantitative estimate of drug-likeness (QED) is 0.647. The van der Waals surface area contributed by atoms with Crippen LogP contribution in [0.5, 0.6) is 0 Å². The summed E-state index contributed by atoms with van der Waals surface area (Å²) in [6.45, 7) is 4.69. The SMILES string of the molecule is COC[C@H](C)NC(=O)C1CN(Cc2ccc(CCc3cccc(C(F)(F)F)c3)cc2)C1. The van der Waals surface area contributed by atoms with Crippen LogP contribution in [0, 0.1) is 5.92 Å². The molecule has 0 bridgehead atoms. The molecule has 1 fully saturated rings. The topological polar surface area (TPSA) is 41.6 Å². The molecule has 0 unspecified atom stereocenters. The molecule has 7 heteroatoms. The van der Waals surface area contributed by atoms with Crippen LogP contribution in [0.25, 0.3) is 0 Å². The first-order valence-electron chi connectivity index (χ1n) is 10.5. The van der Waals surface area contributed by atoms with Gasteiger partial charge in [0.15, 0.2) is 0 Å². The lowest BCUT2D eigenvalue weighted by Gasteiger charge is -2.38. The van der Waals surface area contributed by atoms with Gasteiger partial charge in [-0.2, -0.15) is 13.2 Å². The Morgan fingerprint density at radius 3 is 2.39 bits per heavy atom. The minimum atomic E-state index is -4.31. The Hall–Kier alpha value is -2.38. The molecule has 2 aromatic carbocycles. The van der Waals surface area contributed by atoms with Crippen molar-refractivity contribution < 1.29 is 22.7 Å². The molecule has 1 heterocycles. The molecule has 1 saturated heterocycles. The number of alkyl halides is 3. The molecule has 0 radical (unpaired) electrons. The van der Waals surface area contributed by atoms with Crippen LogP contribution in [0.15, 0.2) is 48.5 Å². The number of carbonyl (C=O) groups excluding carboxylic acids is 1. The first-order valence-corrected chi connectivity index (χ1v) is 10.5. The van der Waals surface area contributed by atoms with E-state index in [0.717, 1.165) is 36.8 Å². The van der Waals surface area contributed by atoms with E-state index in [4.69, 9.17) is 4.74 Å². The van der Waals surface area contributed by atoms with E-state index in [1.807, 2.05) is 19.1 Å². The number of halogens is 3. The summed E-state index contributed by atoms with van der Waals surface area (Å²) in [6.07, 6.45) is -3.06. The van der Waals surface area contributed by atoms with Gasteiger partial charge in [-0.15, -0.1) is 0 Å². The van der Waals surface area contributed by atoms with Crippen molar-refractivity contribution in [3.63, 3.8) is 0 Å². The van der Waals surface area contributed by atoms with Gasteiger partial charge in [0, 0.05) is 32.8 Å². The number of hydrogen-bond acceptors (Lipinski definition) is 3. The summed E-state index contributed by atoms with van der Waals surface area (Å²) in [5.41, 5.74) is 2.34. The van der Waals surface area contributed by atoms with Crippen LogP contribution in [0.1, 0.15) is 29.2 Å². The molecule has 168 valence electrons. The number of benzene rings is 2. The molecule has 0 spiro atoms. The lowest BCUT2D eigenvalue weighted by molar-refractivity contribution is -0.137. The maximum absolute atomic E-state index is 12.8. The number of nitrogens with one attached hydrogen (secondary N) is 1. The summed E-state index contributed by atoms with van der Waals surface area (Å²) in [6, 6.07) is 13.7. The fourth-order valence-corrected chi connectivity index (χ4v) is 3.78. The summed E-state index contributed by atoms with van der Waals surface area (Å²) in [7, 11) is 1.62. The highest BCUT2D eigenvalue weighted by Crippen LogP contribution is 2.29. The molecule has 0 saturated carbocycles. The third kappa shape index (κ3) is 6.80. The zero-order valence-corrected chi connectivity index (χ0v) is 17.9. The number of likely N-dealkylation sites (tertiary alicyclic amines) is 1. The van der Waals surface area contributed by atoms with Gasteiger partial charge in [-0.1, -0.05) is 42.5 Å². The highest BCUT2D eigenvalue weighted by molar-refractivity contribution is 5.80. The Balaban J connectivity index is 1.43. The fraction of sp³-hybridized carbons (Fsp3) is 0.458. The minimum absolute atomic E-state index is 0.00929. The second-order valence-electron chi connectivity index (χ2n) is 8.27. The molecular weight excluding hydrogens is 405 g/mol. The van der Waals surface area contributed by atoms with E-state index < -0.39 is 11.7 Å². The highest BCUT2D eigenvalue weighted by atomic mass is 19.4. The van der Waals surface area contributed by atoms with E-state index >= 15 is 0 Å². The second-order valence-corrected chi connectivity index (χ2v) is 8.27. The molecule has 0 aliphatic carbocycles. The maximum Gasteiger partial charge on any atom is 0.416 e. The Bertz CT molecular complexity index is 862. The molecule has 4 nitrogen and oxygen atoms in total. The van der Waals surface area contributed by atoms with Gasteiger partial charge in [0.1, 0.15) is 0 Å². The Morgan fingerprint density at radius 2 is 1.74 bits per heavy atom. The molecule has 1 atom stereocenters. The number of ether oxygens (including phenoxy) is 1. The van der Waals surface area contributed by atoms with Crippen molar-refractivity contribution in [1.82, 2.24) is 10.2 Å².